The minimum atomic E-state index is -0.442. The molecule has 2 aromatic rings. The average Bonchev–Trinajstić information content (AvgIpc) is 2.72. The summed E-state index contributed by atoms with van der Waals surface area (Å²) in [7, 11) is 1.41. The number of alkyl halides is 1. The van der Waals surface area contributed by atoms with Crippen LogP contribution >= 0.6 is 46.1 Å². The van der Waals surface area contributed by atoms with Gasteiger partial charge in [0.15, 0.2) is 0 Å². The lowest BCUT2D eigenvalue weighted by Crippen LogP contribution is -2.55. The molecule has 3 atom stereocenters. The van der Waals surface area contributed by atoms with Crippen molar-refractivity contribution in [3.8, 4) is 5.75 Å². The molecule has 0 N–H and O–H groups in total. The van der Waals surface area contributed by atoms with Gasteiger partial charge in [-0.15, -0.1) is 0 Å². The van der Waals surface area contributed by atoms with Crippen LogP contribution in [0.1, 0.15) is 12.5 Å². The number of carbonyl (C=O) groups is 1. The monoisotopic (exact) mass is 547 g/mol. The molecule has 1 heterocycles. The lowest BCUT2D eigenvalue weighted by Gasteiger charge is -2.40. The summed E-state index contributed by atoms with van der Waals surface area (Å²) >= 11 is 9.86. The fourth-order valence-electron chi connectivity index (χ4n) is 3.10. The van der Waals surface area contributed by atoms with Gasteiger partial charge in [-0.25, -0.2) is 4.31 Å². The molecule has 5 nitrogen and oxygen atoms in total. The van der Waals surface area contributed by atoms with Gasteiger partial charge in [0.25, 0.3) is 0 Å². The maximum absolute atomic E-state index is 12.3. The smallest absolute Gasteiger partial charge is 0.326 e. The number of ether oxygens (including phenoxy) is 3. The van der Waals surface area contributed by atoms with Crippen LogP contribution < -0.4 is 4.74 Å². The quantitative estimate of drug-likeness (QED) is 0.211. The Morgan fingerprint density at radius 1 is 1.31 bits per heavy atom. The molecule has 0 amide bonds. The highest BCUT2D eigenvalue weighted by Crippen LogP contribution is 2.32. The van der Waals surface area contributed by atoms with Crippen molar-refractivity contribution in [1.82, 2.24) is 4.31 Å². The van der Waals surface area contributed by atoms with Crippen LogP contribution in [0.5, 0.6) is 5.75 Å². The summed E-state index contributed by atoms with van der Waals surface area (Å²) in [5, 5.41) is 0.697. The summed E-state index contributed by atoms with van der Waals surface area (Å²) in [5.74, 6) is 0.498. The third kappa shape index (κ3) is 6.24. The van der Waals surface area contributed by atoms with Crippen molar-refractivity contribution in [2.45, 2.75) is 36.7 Å². The van der Waals surface area contributed by atoms with Gasteiger partial charge in [-0.1, -0.05) is 46.3 Å². The second kappa shape index (κ2) is 10.9. The van der Waals surface area contributed by atoms with Crippen molar-refractivity contribution in [2.75, 3.05) is 18.1 Å². The first kappa shape index (κ1) is 22.7. The van der Waals surface area contributed by atoms with Crippen molar-refractivity contribution in [1.29, 1.82) is 0 Å². The summed E-state index contributed by atoms with van der Waals surface area (Å²) in [6.45, 7) is 3.03. The maximum atomic E-state index is 12.3. The van der Waals surface area contributed by atoms with Crippen LogP contribution in [0.3, 0.4) is 0 Å². The minimum absolute atomic E-state index is 0.0827. The maximum Gasteiger partial charge on any atom is 0.326 e. The highest BCUT2D eigenvalue weighted by molar-refractivity contribution is 14.1. The van der Waals surface area contributed by atoms with E-state index in [1.807, 2.05) is 55.5 Å². The van der Waals surface area contributed by atoms with E-state index in [4.69, 9.17) is 25.8 Å². The number of benzene rings is 2. The van der Waals surface area contributed by atoms with Crippen LogP contribution in [0.25, 0.3) is 0 Å². The molecule has 2 aromatic carbocycles. The van der Waals surface area contributed by atoms with E-state index in [0.717, 1.165) is 20.6 Å². The Hall–Kier alpha value is -1.00. The number of nitrogens with zero attached hydrogens (tertiary/aromatic N) is 1. The molecule has 29 heavy (non-hydrogen) atoms. The Balaban J connectivity index is 1.64. The molecule has 3 rings (SSSR count). The molecule has 0 aliphatic carbocycles. The molecule has 0 bridgehead atoms. The first-order valence-corrected chi connectivity index (χ1v) is 11.9. The molecule has 0 radical (unpaired) electrons. The van der Waals surface area contributed by atoms with Crippen LogP contribution in [-0.2, 0) is 20.9 Å². The highest BCUT2D eigenvalue weighted by atomic mass is 127. The van der Waals surface area contributed by atoms with Crippen molar-refractivity contribution in [3.63, 3.8) is 0 Å². The number of esters is 1. The van der Waals surface area contributed by atoms with Gasteiger partial charge in [-0.2, -0.15) is 0 Å². The molecule has 0 spiro atoms. The van der Waals surface area contributed by atoms with Crippen molar-refractivity contribution < 1.29 is 19.0 Å². The molecular weight excluding hydrogens is 525 g/mol. The van der Waals surface area contributed by atoms with E-state index < -0.39 is 6.04 Å². The lowest BCUT2D eigenvalue weighted by molar-refractivity contribution is -0.157. The van der Waals surface area contributed by atoms with Crippen LogP contribution in [0.2, 0.25) is 5.02 Å². The molecule has 8 heteroatoms. The van der Waals surface area contributed by atoms with E-state index in [9.17, 15) is 4.79 Å². The molecule has 1 fully saturated rings. The molecular formula is C21H23ClINO4S. The Kier molecular flexibility index (Phi) is 8.49. The van der Waals surface area contributed by atoms with Crippen LogP contribution in [0.15, 0.2) is 53.4 Å². The van der Waals surface area contributed by atoms with Gasteiger partial charge < -0.3 is 14.2 Å². The molecule has 1 saturated heterocycles. The molecule has 0 saturated carbocycles. The summed E-state index contributed by atoms with van der Waals surface area (Å²) < 4.78 is 19.7. The SMILES string of the molecule is COC(=O)[C@H]1[C@H](C)O[C@@H](CI)CN1Sc1ccc(OCc2cccc(Cl)c2)cc1. The first-order valence-electron chi connectivity index (χ1n) is 9.21. The first-order chi connectivity index (χ1) is 14.0. The van der Waals surface area contributed by atoms with E-state index in [1.54, 1.807) is 11.9 Å². The average molecular weight is 548 g/mol. The van der Waals surface area contributed by atoms with Gasteiger partial charge in [0.05, 0.1) is 19.3 Å². The van der Waals surface area contributed by atoms with Crippen molar-refractivity contribution >= 4 is 52.1 Å². The zero-order chi connectivity index (χ0) is 20.8. The van der Waals surface area contributed by atoms with Gasteiger partial charge >= 0.3 is 5.97 Å². The Morgan fingerprint density at radius 2 is 2.07 bits per heavy atom. The summed E-state index contributed by atoms with van der Waals surface area (Å²) in [5.41, 5.74) is 1.02. The van der Waals surface area contributed by atoms with E-state index in [-0.39, 0.29) is 18.2 Å². The Morgan fingerprint density at radius 3 is 2.72 bits per heavy atom. The minimum Gasteiger partial charge on any atom is -0.489 e. The zero-order valence-electron chi connectivity index (χ0n) is 16.2. The number of morpholine rings is 1. The van der Waals surface area contributed by atoms with Crippen LogP contribution in [-0.4, -0.2) is 46.6 Å². The molecule has 156 valence electrons. The van der Waals surface area contributed by atoms with Crippen LogP contribution in [0, 0.1) is 0 Å². The molecule has 0 unspecified atom stereocenters. The van der Waals surface area contributed by atoms with Gasteiger partial charge in [-0.05, 0) is 60.8 Å². The lowest BCUT2D eigenvalue weighted by atomic mass is 10.1. The number of rotatable bonds is 7. The van der Waals surface area contributed by atoms with Gasteiger partial charge in [0, 0.05) is 20.9 Å². The predicted molar refractivity (Wildman–Crippen MR) is 124 cm³/mol. The predicted octanol–water partition coefficient (Wildman–Crippen LogP) is 4.99. The van der Waals surface area contributed by atoms with Crippen LogP contribution in [0.4, 0.5) is 0 Å². The number of carbonyl (C=O) groups excluding carboxylic acids is 1. The van der Waals surface area contributed by atoms with E-state index >= 15 is 0 Å². The highest BCUT2D eigenvalue weighted by Gasteiger charge is 2.40. The Bertz CT molecular complexity index is 823. The summed E-state index contributed by atoms with van der Waals surface area (Å²) in [6.07, 6.45) is -0.150. The molecule has 1 aliphatic rings. The molecule has 0 aromatic heterocycles. The van der Waals surface area contributed by atoms with Crippen molar-refractivity contribution in [3.05, 3.63) is 59.1 Å². The second-order valence-corrected chi connectivity index (χ2v) is 9.11. The van der Waals surface area contributed by atoms with E-state index in [0.29, 0.717) is 18.2 Å². The van der Waals surface area contributed by atoms with E-state index in [2.05, 4.69) is 26.9 Å². The summed E-state index contributed by atoms with van der Waals surface area (Å²) in [4.78, 5) is 13.3. The van der Waals surface area contributed by atoms with E-state index in [1.165, 1.54) is 7.11 Å². The number of hydrogen-bond donors (Lipinski definition) is 0. The third-order valence-electron chi connectivity index (χ3n) is 4.50. The normalized spacial score (nSPS) is 22.3. The second-order valence-electron chi connectivity index (χ2n) is 6.67. The largest absolute Gasteiger partial charge is 0.489 e. The topological polar surface area (TPSA) is 48.0 Å². The number of methoxy groups -OCH3 is 1. The fourth-order valence-corrected chi connectivity index (χ4v) is 4.94. The number of hydrogen-bond acceptors (Lipinski definition) is 6. The number of halogens is 2. The van der Waals surface area contributed by atoms with Gasteiger partial charge in [0.1, 0.15) is 18.4 Å². The van der Waals surface area contributed by atoms with Gasteiger partial charge in [0.2, 0.25) is 0 Å². The van der Waals surface area contributed by atoms with Crippen molar-refractivity contribution in [2.24, 2.45) is 0 Å². The summed E-state index contributed by atoms with van der Waals surface area (Å²) in [6, 6.07) is 15.0. The Labute approximate surface area is 194 Å². The zero-order valence-corrected chi connectivity index (χ0v) is 19.9. The van der Waals surface area contributed by atoms with Gasteiger partial charge in [-0.3, -0.25) is 4.79 Å². The standard InChI is InChI=1S/C21H23ClINO4S/c1-14-20(21(25)26-2)24(12-18(11-23)28-14)29-19-8-6-17(7-9-19)27-13-15-4-3-5-16(22)10-15/h3-10,14,18,20H,11-13H2,1-2H3/t14-,18-,20+/m0/s1. The molecule has 1 aliphatic heterocycles. The fraction of sp³-hybridized carbons (Fsp3) is 0.381. The third-order valence-corrected chi connectivity index (χ3v) is 6.81.